The third-order valence-electron chi connectivity index (χ3n) is 5.44. The number of rotatable bonds is 3. The van der Waals surface area contributed by atoms with Gasteiger partial charge in [0, 0.05) is 37.8 Å². The van der Waals surface area contributed by atoms with Crippen LogP contribution in [0.3, 0.4) is 0 Å². The third kappa shape index (κ3) is 2.54. The highest BCUT2D eigenvalue weighted by molar-refractivity contribution is 5.75. The molecule has 0 amide bonds. The van der Waals surface area contributed by atoms with Crippen LogP contribution in [0.5, 0.6) is 11.5 Å². The van der Waals surface area contributed by atoms with Crippen molar-refractivity contribution < 1.29 is 9.47 Å². The van der Waals surface area contributed by atoms with Crippen LogP contribution in [0.15, 0.2) is 23.0 Å². The molecular formula is C19H24N4O3. The molecule has 1 unspecified atom stereocenters. The zero-order valence-electron chi connectivity index (χ0n) is 15.7. The number of ether oxygens (including phenoxy) is 2. The van der Waals surface area contributed by atoms with E-state index in [1.807, 2.05) is 25.1 Å². The van der Waals surface area contributed by atoms with E-state index < -0.39 is 0 Å². The largest absolute Gasteiger partial charge is 0.493 e. The van der Waals surface area contributed by atoms with Crippen molar-refractivity contribution in [3.8, 4) is 22.8 Å². The number of piperazine rings is 1. The molecule has 2 aromatic rings. The molecule has 0 saturated carbocycles. The number of methoxy groups -OCH3 is 2. The van der Waals surface area contributed by atoms with E-state index in [0.717, 1.165) is 48.8 Å². The van der Waals surface area contributed by atoms with Gasteiger partial charge in [-0.15, -0.1) is 0 Å². The fourth-order valence-electron chi connectivity index (χ4n) is 3.86. The molecule has 0 N–H and O–H groups in total. The summed E-state index contributed by atoms with van der Waals surface area (Å²) in [5, 5.41) is 0. The van der Waals surface area contributed by atoms with E-state index in [4.69, 9.17) is 9.47 Å². The van der Waals surface area contributed by atoms with Gasteiger partial charge in [0.15, 0.2) is 11.5 Å². The molecule has 138 valence electrons. The highest BCUT2D eigenvalue weighted by atomic mass is 16.5. The van der Waals surface area contributed by atoms with Crippen molar-refractivity contribution in [1.82, 2.24) is 14.5 Å². The summed E-state index contributed by atoms with van der Waals surface area (Å²) in [6.45, 7) is 5.71. The predicted octanol–water partition coefficient (Wildman–Crippen LogP) is 1.60. The molecule has 0 bridgehead atoms. The first kappa shape index (κ1) is 16.9. The van der Waals surface area contributed by atoms with Crippen molar-refractivity contribution in [2.45, 2.75) is 13.0 Å². The van der Waals surface area contributed by atoms with Crippen molar-refractivity contribution in [3.63, 3.8) is 0 Å². The summed E-state index contributed by atoms with van der Waals surface area (Å²) in [7, 11) is 5.36. The lowest BCUT2D eigenvalue weighted by Gasteiger charge is -2.33. The van der Waals surface area contributed by atoms with Gasteiger partial charge in [-0.25, -0.2) is 4.79 Å². The average Bonchev–Trinajstić information content (AvgIpc) is 2.93. The zero-order valence-corrected chi connectivity index (χ0v) is 15.7. The van der Waals surface area contributed by atoms with E-state index in [1.54, 1.807) is 18.8 Å². The summed E-state index contributed by atoms with van der Waals surface area (Å²) < 4.78 is 12.6. The van der Waals surface area contributed by atoms with Gasteiger partial charge < -0.3 is 19.3 Å². The van der Waals surface area contributed by atoms with E-state index in [-0.39, 0.29) is 11.7 Å². The summed E-state index contributed by atoms with van der Waals surface area (Å²) in [6.07, 6.45) is 0. The van der Waals surface area contributed by atoms with Gasteiger partial charge in [0.05, 0.1) is 26.0 Å². The van der Waals surface area contributed by atoms with Crippen molar-refractivity contribution in [3.05, 3.63) is 34.2 Å². The molecule has 1 aromatic carbocycles. The number of fused-ring (bicyclic) bond motifs is 3. The van der Waals surface area contributed by atoms with Crippen molar-refractivity contribution >= 4 is 5.82 Å². The van der Waals surface area contributed by atoms with Gasteiger partial charge in [0.2, 0.25) is 0 Å². The molecule has 1 atom stereocenters. The van der Waals surface area contributed by atoms with Crippen LogP contribution in [0, 0.1) is 0 Å². The number of hydrogen-bond donors (Lipinski definition) is 0. The topological polar surface area (TPSA) is 59.8 Å². The van der Waals surface area contributed by atoms with Gasteiger partial charge in [-0.2, -0.15) is 4.98 Å². The molecule has 2 aliphatic heterocycles. The Morgan fingerprint density at radius 3 is 2.35 bits per heavy atom. The molecule has 4 rings (SSSR count). The van der Waals surface area contributed by atoms with Gasteiger partial charge in [-0.3, -0.25) is 4.57 Å². The Hall–Kier alpha value is -2.54. The summed E-state index contributed by atoms with van der Waals surface area (Å²) >= 11 is 0. The molecule has 0 spiro atoms. The van der Waals surface area contributed by atoms with Crippen LogP contribution in [0.4, 0.5) is 5.82 Å². The van der Waals surface area contributed by atoms with Crippen LogP contribution in [0.25, 0.3) is 11.3 Å². The summed E-state index contributed by atoms with van der Waals surface area (Å²) in [4.78, 5) is 21.6. The normalized spacial score (nSPS) is 19.2. The minimum atomic E-state index is -0.210. The van der Waals surface area contributed by atoms with E-state index >= 15 is 0 Å². The summed E-state index contributed by atoms with van der Waals surface area (Å²) in [5.74, 6) is 2.09. The second-order valence-electron chi connectivity index (χ2n) is 6.91. The lowest BCUT2D eigenvalue weighted by atomic mass is 10.0. The van der Waals surface area contributed by atoms with E-state index in [2.05, 4.69) is 21.8 Å². The molecule has 0 aliphatic carbocycles. The van der Waals surface area contributed by atoms with Crippen LogP contribution >= 0.6 is 0 Å². The molecule has 2 aliphatic rings. The van der Waals surface area contributed by atoms with E-state index in [0.29, 0.717) is 11.5 Å². The Balaban J connectivity index is 1.83. The lowest BCUT2D eigenvalue weighted by Crippen LogP contribution is -2.45. The maximum absolute atomic E-state index is 12.8. The quantitative estimate of drug-likeness (QED) is 0.833. The first-order valence-corrected chi connectivity index (χ1v) is 8.87. The maximum Gasteiger partial charge on any atom is 0.350 e. The third-order valence-corrected chi connectivity index (χ3v) is 5.44. The fraction of sp³-hybridized carbons (Fsp3) is 0.474. The van der Waals surface area contributed by atoms with Gasteiger partial charge in [0.25, 0.3) is 0 Å². The molecule has 0 radical (unpaired) electrons. The number of anilines is 1. The van der Waals surface area contributed by atoms with Crippen LogP contribution in [0.2, 0.25) is 0 Å². The van der Waals surface area contributed by atoms with Crippen molar-refractivity contribution in [2.75, 3.05) is 52.3 Å². The molecular weight excluding hydrogens is 332 g/mol. The number of hydrogen-bond acceptors (Lipinski definition) is 6. The van der Waals surface area contributed by atoms with Crippen molar-refractivity contribution in [1.29, 1.82) is 0 Å². The van der Waals surface area contributed by atoms with Crippen LogP contribution < -0.4 is 20.1 Å². The standard InChI is InChI=1S/C19H24N4O3/c1-12-13-9-16(25-3)17(26-4)10-14(13)15-11-18(20-19(24)23(12)15)22-7-5-21(2)6-8-22/h9-12H,5-8H2,1-4H3. The Kier molecular flexibility index (Phi) is 4.11. The Bertz CT molecular complexity index is 900. The fourth-order valence-corrected chi connectivity index (χ4v) is 3.86. The number of benzene rings is 1. The summed E-state index contributed by atoms with van der Waals surface area (Å²) in [5.41, 5.74) is 2.74. The monoisotopic (exact) mass is 356 g/mol. The van der Waals surface area contributed by atoms with Crippen LogP contribution in [0.1, 0.15) is 18.5 Å². The van der Waals surface area contributed by atoms with Gasteiger partial charge in [-0.1, -0.05) is 0 Å². The Labute approximate surface area is 152 Å². The minimum Gasteiger partial charge on any atom is -0.493 e. The first-order chi connectivity index (χ1) is 12.5. The van der Waals surface area contributed by atoms with Gasteiger partial charge in [-0.05, 0) is 31.7 Å². The first-order valence-electron chi connectivity index (χ1n) is 8.87. The number of nitrogens with zero attached hydrogens (tertiary/aromatic N) is 4. The molecule has 26 heavy (non-hydrogen) atoms. The number of aromatic nitrogens is 2. The second-order valence-corrected chi connectivity index (χ2v) is 6.91. The second kappa shape index (κ2) is 6.32. The maximum atomic E-state index is 12.8. The molecule has 1 fully saturated rings. The number of likely N-dealkylation sites (N-methyl/N-ethyl adjacent to an activating group) is 1. The van der Waals surface area contributed by atoms with Crippen molar-refractivity contribution in [2.24, 2.45) is 0 Å². The van der Waals surface area contributed by atoms with E-state index in [1.165, 1.54) is 0 Å². The highest BCUT2D eigenvalue weighted by Gasteiger charge is 2.30. The van der Waals surface area contributed by atoms with Gasteiger partial charge >= 0.3 is 5.69 Å². The van der Waals surface area contributed by atoms with Crippen LogP contribution in [-0.2, 0) is 0 Å². The average molecular weight is 356 g/mol. The van der Waals surface area contributed by atoms with Crippen LogP contribution in [-0.4, -0.2) is 61.9 Å². The molecule has 1 aromatic heterocycles. The lowest BCUT2D eigenvalue weighted by molar-refractivity contribution is 0.312. The zero-order chi connectivity index (χ0) is 18.4. The molecule has 3 heterocycles. The smallest absolute Gasteiger partial charge is 0.350 e. The van der Waals surface area contributed by atoms with E-state index in [9.17, 15) is 4.79 Å². The predicted molar refractivity (Wildman–Crippen MR) is 101 cm³/mol. The molecule has 7 nitrogen and oxygen atoms in total. The highest BCUT2D eigenvalue weighted by Crippen LogP contribution is 2.44. The minimum absolute atomic E-state index is 0.0821. The Morgan fingerprint density at radius 1 is 1.04 bits per heavy atom. The molecule has 1 saturated heterocycles. The SMILES string of the molecule is COc1cc2c(cc1OC)C(C)n1c-2cc(N2CCN(C)CC2)nc1=O. The van der Waals surface area contributed by atoms with Gasteiger partial charge in [0.1, 0.15) is 5.82 Å². The molecule has 7 heteroatoms. The Morgan fingerprint density at radius 2 is 1.69 bits per heavy atom. The summed E-state index contributed by atoms with van der Waals surface area (Å²) in [6, 6.07) is 5.86.